The SMILES string of the molecule is Cc1cc(/C=C2/NC(=O)NC2=O)c(C)n1-c1ccc(S(N)(=O)=O)cc1. The van der Waals surface area contributed by atoms with Crippen molar-refractivity contribution < 1.29 is 18.0 Å². The van der Waals surface area contributed by atoms with E-state index in [0.29, 0.717) is 0 Å². The van der Waals surface area contributed by atoms with Gasteiger partial charge < -0.3 is 9.88 Å². The van der Waals surface area contributed by atoms with Crippen LogP contribution >= 0.6 is 0 Å². The van der Waals surface area contributed by atoms with E-state index >= 15 is 0 Å². The van der Waals surface area contributed by atoms with Gasteiger partial charge in [0.15, 0.2) is 0 Å². The van der Waals surface area contributed by atoms with Crippen LogP contribution in [0.4, 0.5) is 4.79 Å². The third-order valence-corrected chi connectivity index (χ3v) is 4.84. The molecule has 2 aromatic rings. The van der Waals surface area contributed by atoms with Crippen molar-refractivity contribution in [3.63, 3.8) is 0 Å². The van der Waals surface area contributed by atoms with Gasteiger partial charge in [0.05, 0.1) is 4.90 Å². The second-order valence-electron chi connectivity index (χ2n) is 5.67. The fraction of sp³-hybridized carbons (Fsp3) is 0.125. The van der Waals surface area contributed by atoms with Crippen molar-refractivity contribution in [1.82, 2.24) is 15.2 Å². The summed E-state index contributed by atoms with van der Waals surface area (Å²) in [5.74, 6) is -0.479. The smallest absolute Gasteiger partial charge is 0.318 e. The maximum absolute atomic E-state index is 11.7. The molecule has 8 nitrogen and oxygen atoms in total. The monoisotopic (exact) mass is 360 g/mol. The van der Waals surface area contributed by atoms with Crippen LogP contribution in [-0.2, 0) is 14.8 Å². The van der Waals surface area contributed by atoms with Crippen LogP contribution in [0.25, 0.3) is 11.8 Å². The number of nitrogens with zero attached hydrogens (tertiary/aromatic N) is 1. The van der Waals surface area contributed by atoms with Crippen LogP contribution in [0.3, 0.4) is 0 Å². The van der Waals surface area contributed by atoms with Gasteiger partial charge in [-0.3, -0.25) is 10.1 Å². The fourth-order valence-corrected chi connectivity index (χ4v) is 3.27. The number of primary sulfonamides is 1. The summed E-state index contributed by atoms with van der Waals surface area (Å²) >= 11 is 0. The van der Waals surface area contributed by atoms with E-state index in [4.69, 9.17) is 5.14 Å². The predicted molar refractivity (Wildman–Crippen MR) is 91.3 cm³/mol. The number of imide groups is 1. The Kier molecular flexibility index (Phi) is 3.97. The molecule has 1 aromatic carbocycles. The summed E-state index contributed by atoms with van der Waals surface area (Å²) in [6.45, 7) is 3.75. The molecule has 130 valence electrons. The van der Waals surface area contributed by atoms with Crippen LogP contribution in [0.15, 0.2) is 40.9 Å². The molecule has 0 bridgehead atoms. The lowest BCUT2D eigenvalue weighted by atomic mass is 10.2. The van der Waals surface area contributed by atoms with Gasteiger partial charge in [-0.25, -0.2) is 18.4 Å². The highest BCUT2D eigenvalue weighted by atomic mass is 32.2. The topological polar surface area (TPSA) is 123 Å². The van der Waals surface area contributed by atoms with Crippen molar-refractivity contribution >= 4 is 28.0 Å². The predicted octanol–water partition coefficient (Wildman–Crippen LogP) is 0.922. The second kappa shape index (κ2) is 5.87. The first-order valence-electron chi connectivity index (χ1n) is 7.33. The number of urea groups is 1. The number of hydrogen-bond donors (Lipinski definition) is 3. The average molecular weight is 360 g/mol. The van der Waals surface area contributed by atoms with E-state index in [9.17, 15) is 18.0 Å². The molecule has 0 spiro atoms. The van der Waals surface area contributed by atoms with Crippen molar-refractivity contribution in [2.24, 2.45) is 5.14 Å². The van der Waals surface area contributed by atoms with Gasteiger partial charge in [0.2, 0.25) is 10.0 Å². The summed E-state index contributed by atoms with van der Waals surface area (Å²) in [6, 6.07) is 7.50. The summed E-state index contributed by atoms with van der Waals surface area (Å²) in [5, 5.41) is 9.70. The van der Waals surface area contributed by atoms with Gasteiger partial charge in [0, 0.05) is 17.1 Å². The average Bonchev–Trinajstić information content (AvgIpc) is 2.98. The van der Waals surface area contributed by atoms with E-state index in [1.807, 2.05) is 24.5 Å². The molecule has 0 radical (unpaired) electrons. The molecule has 0 unspecified atom stereocenters. The summed E-state index contributed by atoms with van der Waals surface area (Å²) in [7, 11) is -3.75. The van der Waals surface area contributed by atoms with Crippen LogP contribution < -0.4 is 15.8 Å². The highest BCUT2D eigenvalue weighted by molar-refractivity contribution is 7.89. The maximum Gasteiger partial charge on any atom is 0.326 e. The Balaban J connectivity index is 2.02. The molecule has 3 rings (SSSR count). The van der Waals surface area contributed by atoms with Crippen LogP contribution in [0.2, 0.25) is 0 Å². The Hall–Kier alpha value is -2.91. The fourth-order valence-electron chi connectivity index (χ4n) is 2.75. The summed E-state index contributed by atoms with van der Waals surface area (Å²) in [5.41, 5.74) is 3.42. The van der Waals surface area contributed by atoms with Crippen LogP contribution in [0.1, 0.15) is 17.0 Å². The van der Waals surface area contributed by atoms with Crippen molar-refractivity contribution in [3.8, 4) is 5.69 Å². The summed E-state index contributed by atoms with van der Waals surface area (Å²) in [4.78, 5) is 22.9. The highest BCUT2D eigenvalue weighted by Crippen LogP contribution is 2.23. The molecule has 3 amide bonds. The molecule has 1 aromatic heterocycles. The Morgan fingerprint density at radius 2 is 1.72 bits per heavy atom. The van der Waals surface area contributed by atoms with Gasteiger partial charge >= 0.3 is 6.03 Å². The number of sulfonamides is 1. The number of hydrogen-bond acceptors (Lipinski definition) is 4. The minimum atomic E-state index is -3.75. The molecule has 0 saturated carbocycles. The van der Waals surface area contributed by atoms with Crippen molar-refractivity contribution in [2.75, 3.05) is 0 Å². The molecule has 4 N–H and O–H groups in total. The minimum Gasteiger partial charge on any atom is -0.318 e. The lowest BCUT2D eigenvalue weighted by Crippen LogP contribution is -2.22. The zero-order valence-corrected chi connectivity index (χ0v) is 14.3. The van der Waals surface area contributed by atoms with E-state index in [1.165, 1.54) is 12.1 Å². The van der Waals surface area contributed by atoms with E-state index in [1.54, 1.807) is 18.2 Å². The number of aryl methyl sites for hydroxylation is 1. The summed E-state index contributed by atoms with van der Waals surface area (Å²) in [6.07, 6.45) is 1.60. The Morgan fingerprint density at radius 3 is 2.24 bits per heavy atom. The molecule has 2 heterocycles. The zero-order valence-electron chi connectivity index (χ0n) is 13.5. The molecule has 1 aliphatic rings. The number of amides is 3. The normalized spacial score (nSPS) is 16.2. The highest BCUT2D eigenvalue weighted by Gasteiger charge is 2.23. The minimum absolute atomic E-state index is 0.0337. The molecule has 9 heteroatoms. The quantitative estimate of drug-likeness (QED) is 0.556. The first kappa shape index (κ1) is 16.9. The van der Waals surface area contributed by atoms with Crippen molar-refractivity contribution in [3.05, 3.63) is 53.0 Å². The number of carbonyl (C=O) groups excluding carboxylic acids is 2. The first-order valence-corrected chi connectivity index (χ1v) is 8.87. The first-order chi connectivity index (χ1) is 11.7. The largest absolute Gasteiger partial charge is 0.326 e. The van der Waals surface area contributed by atoms with Gasteiger partial charge in [0.25, 0.3) is 5.91 Å². The van der Waals surface area contributed by atoms with E-state index in [-0.39, 0.29) is 10.6 Å². The maximum atomic E-state index is 11.7. The summed E-state index contributed by atoms with van der Waals surface area (Å²) < 4.78 is 24.6. The lowest BCUT2D eigenvalue weighted by molar-refractivity contribution is -0.115. The van der Waals surface area contributed by atoms with Gasteiger partial charge in [-0.1, -0.05) is 0 Å². The van der Waals surface area contributed by atoms with Gasteiger partial charge in [-0.2, -0.15) is 0 Å². The van der Waals surface area contributed by atoms with Crippen molar-refractivity contribution in [1.29, 1.82) is 0 Å². The van der Waals surface area contributed by atoms with E-state index in [2.05, 4.69) is 10.6 Å². The molecule has 1 aliphatic heterocycles. The molecular weight excluding hydrogens is 344 g/mol. The Bertz CT molecular complexity index is 1020. The molecular formula is C16H16N4O4S. The molecule has 0 aliphatic carbocycles. The number of aromatic nitrogens is 1. The Morgan fingerprint density at radius 1 is 1.08 bits per heavy atom. The van der Waals surface area contributed by atoms with Crippen LogP contribution in [0.5, 0.6) is 0 Å². The standard InChI is InChI=1S/C16H16N4O4S/c1-9-7-11(8-14-15(21)19-16(22)18-14)10(2)20(9)12-3-5-13(6-4-12)25(17,23)24/h3-8H,1-2H3,(H2,17,23,24)(H2,18,19,21,22)/b14-8+. The number of nitrogens with two attached hydrogens (primary N) is 1. The second-order valence-corrected chi connectivity index (χ2v) is 7.23. The molecule has 1 fully saturated rings. The number of rotatable bonds is 3. The van der Waals surface area contributed by atoms with Gasteiger partial charge in [-0.05, 0) is 55.8 Å². The third-order valence-electron chi connectivity index (χ3n) is 3.91. The van der Waals surface area contributed by atoms with Gasteiger partial charge in [-0.15, -0.1) is 0 Å². The van der Waals surface area contributed by atoms with Crippen LogP contribution in [-0.4, -0.2) is 24.9 Å². The van der Waals surface area contributed by atoms with Gasteiger partial charge in [0.1, 0.15) is 5.70 Å². The van der Waals surface area contributed by atoms with Crippen molar-refractivity contribution in [2.45, 2.75) is 18.7 Å². The third kappa shape index (κ3) is 3.19. The molecule has 1 saturated heterocycles. The van der Waals surface area contributed by atoms with E-state index in [0.717, 1.165) is 22.6 Å². The van der Waals surface area contributed by atoms with E-state index < -0.39 is 22.0 Å². The lowest BCUT2D eigenvalue weighted by Gasteiger charge is -2.10. The molecule has 25 heavy (non-hydrogen) atoms. The van der Waals surface area contributed by atoms with Crippen LogP contribution in [0, 0.1) is 13.8 Å². The Labute approximate surface area is 144 Å². The zero-order chi connectivity index (χ0) is 18.4. The molecule has 0 atom stereocenters. The number of carbonyl (C=O) groups is 2. The number of nitrogens with one attached hydrogen (secondary N) is 2. The number of benzene rings is 1.